The Labute approximate surface area is 118 Å². The third-order valence-corrected chi connectivity index (χ3v) is 3.82. The molecule has 0 aromatic heterocycles. The fourth-order valence-electron chi connectivity index (χ4n) is 1.69. The van der Waals surface area contributed by atoms with Crippen LogP contribution in [0.15, 0.2) is 36.4 Å². The van der Waals surface area contributed by atoms with Crippen molar-refractivity contribution in [3.05, 3.63) is 62.7 Å². The quantitative estimate of drug-likeness (QED) is 0.797. The maximum absolute atomic E-state index is 13.3. The number of rotatable bonds is 3. The lowest BCUT2D eigenvalue weighted by Gasteiger charge is -2.11. The number of hydrogen-bond donors (Lipinski definition) is 1. The molecule has 0 amide bonds. The average molecular weight is 359 g/mol. The molecule has 0 saturated carbocycles. The van der Waals surface area contributed by atoms with Crippen LogP contribution in [0.1, 0.15) is 11.1 Å². The zero-order valence-electron chi connectivity index (χ0n) is 9.81. The molecule has 2 rings (SSSR count). The number of benzene rings is 2. The van der Waals surface area contributed by atoms with Gasteiger partial charge in [0, 0.05) is 6.54 Å². The lowest BCUT2D eigenvalue weighted by atomic mass is 10.1. The minimum absolute atomic E-state index is 0.239. The van der Waals surface area contributed by atoms with Crippen molar-refractivity contribution in [1.29, 1.82) is 0 Å². The van der Waals surface area contributed by atoms with Gasteiger partial charge in [-0.05, 0) is 64.9 Å². The van der Waals surface area contributed by atoms with E-state index in [1.165, 1.54) is 18.2 Å². The summed E-state index contributed by atoms with van der Waals surface area (Å²) in [7, 11) is 0. The molecule has 0 saturated heterocycles. The number of nitrogens with one attached hydrogen (secondary N) is 1. The van der Waals surface area contributed by atoms with Crippen LogP contribution in [0.25, 0.3) is 0 Å². The standard InChI is InChI=1S/C14H12F2IN/c1-9-7-11(15)6-5-10(9)8-18-13-4-2-3-12(16)14(13)17/h2-7,18H,8H2,1H3. The van der Waals surface area contributed by atoms with Crippen LogP contribution in [0.2, 0.25) is 0 Å². The first kappa shape index (κ1) is 13.3. The Morgan fingerprint density at radius 2 is 1.94 bits per heavy atom. The molecule has 0 atom stereocenters. The molecule has 0 unspecified atom stereocenters. The van der Waals surface area contributed by atoms with E-state index in [1.54, 1.807) is 12.1 Å². The van der Waals surface area contributed by atoms with Gasteiger partial charge in [0.25, 0.3) is 0 Å². The molecular formula is C14H12F2IN. The second-order valence-electron chi connectivity index (χ2n) is 4.03. The summed E-state index contributed by atoms with van der Waals surface area (Å²) in [6.45, 7) is 2.40. The highest BCUT2D eigenvalue weighted by Crippen LogP contribution is 2.22. The van der Waals surface area contributed by atoms with Gasteiger partial charge in [-0.3, -0.25) is 0 Å². The summed E-state index contributed by atoms with van der Waals surface area (Å²) >= 11 is 1.96. The van der Waals surface area contributed by atoms with Gasteiger partial charge in [-0.2, -0.15) is 0 Å². The lowest BCUT2D eigenvalue weighted by Crippen LogP contribution is -2.03. The van der Waals surface area contributed by atoms with E-state index >= 15 is 0 Å². The predicted octanol–water partition coefficient (Wildman–Crippen LogP) is 4.49. The molecule has 0 fully saturated rings. The predicted molar refractivity (Wildman–Crippen MR) is 77.6 cm³/mol. The zero-order valence-corrected chi connectivity index (χ0v) is 12.0. The van der Waals surface area contributed by atoms with Crippen molar-refractivity contribution in [2.24, 2.45) is 0 Å². The zero-order chi connectivity index (χ0) is 13.1. The molecule has 0 aliphatic heterocycles. The SMILES string of the molecule is Cc1cc(F)ccc1CNc1cccc(F)c1I. The second-order valence-corrected chi connectivity index (χ2v) is 5.10. The first-order chi connectivity index (χ1) is 8.58. The minimum atomic E-state index is -0.239. The minimum Gasteiger partial charge on any atom is -0.380 e. The molecule has 0 aliphatic rings. The van der Waals surface area contributed by atoms with Crippen LogP contribution in [0.5, 0.6) is 0 Å². The van der Waals surface area contributed by atoms with Crippen molar-refractivity contribution in [2.45, 2.75) is 13.5 Å². The van der Waals surface area contributed by atoms with E-state index in [4.69, 9.17) is 0 Å². The fraction of sp³-hybridized carbons (Fsp3) is 0.143. The Bertz CT molecular complexity index is 570. The van der Waals surface area contributed by atoms with Crippen molar-refractivity contribution >= 4 is 28.3 Å². The molecule has 0 radical (unpaired) electrons. The molecule has 1 nitrogen and oxygen atoms in total. The number of anilines is 1. The van der Waals surface area contributed by atoms with Gasteiger partial charge >= 0.3 is 0 Å². The molecule has 18 heavy (non-hydrogen) atoms. The normalized spacial score (nSPS) is 10.4. The number of aryl methyl sites for hydroxylation is 1. The highest BCUT2D eigenvalue weighted by atomic mass is 127. The molecular weight excluding hydrogens is 347 g/mol. The van der Waals surface area contributed by atoms with E-state index in [0.717, 1.165) is 16.8 Å². The van der Waals surface area contributed by atoms with Crippen LogP contribution in [0, 0.1) is 22.1 Å². The average Bonchev–Trinajstić information content (AvgIpc) is 2.33. The Balaban J connectivity index is 2.14. The van der Waals surface area contributed by atoms with Gasteiger partial charge in [0.15, 0.2) is 0 Å². The molecule has 0 heterocycles. The van der Waals surface area contributed by atoms with E-state index < -0.39 is 0 Å². The van der Waals surface area contributed by atoms with Gasteiger partial charge in [0.2, 0.25) is 0 Å². The molecule has 94 valence electrons. The molecule has 0 aliphatic carbocycles. The Hall–Kier alpha value is -1.17. The highest BCUT2D eigenvalue weighted by molar-refractivity contribution is 14.1. The van der Waals surface area contributed by atoms with Gasteiger partial charge in [-0.25, -0.2) is 8.78 Å². The second kappa shape index (κ2) is 5.65. The van der Waals surface area contributed by atoms with Crippen molar-refractivity contribution in [3.8, 4) is 0 Å². The van der Waals surface area contributed by atoms with Crippen LogP contribution in [0.4, 0.5) is 14.5 Å². The van der Waals surface area contributed by atoms with Crippen molar-refractivity contribution in [1.82, 2.24) is 0 Å². The van der Waals surface area contributed by atoms with Gasteiger partial charge in [-0.1, -0.05) is 12.1 Å². The van der Waals surface area contributed by atoms with E-state index in [-0.39, 0.29) is 11.6 Å². The molecule has 0 bridgehead atoms. The van der Waals surface area contributed by atoms with E-state index in [1.807, 2.05) is 35.6 Å². The summed E-state index contributed by atoms with van der Waals surface area (Å²) in [5, 5.41) is 3.16. The van der Waals surface area contributed by atoms with Gasteiger partial charge in [0.1, 0.15) is 11.6 Å². The molecule has 0 spiro atoms. The third-order valence-electron chi connectivity index (χ3n) is 2.73. The summed E-state index contributed by atoms with van der Waals surface area (Å²) in [5.74, 6) is -0.479. The van der Waals surface area contributed by atoms with Crippen LogP contribution in [0.3, 0.4) is 0 Å². The van der Waals surface area contributed by atoms with Gasteiger partial charge < -0.3 is 5.32 Å². The molecule has 2 aromatic carbocycles. The summed E-state index contributed by atoms with van der Waals surface area (Å²) in [5.41, 5.74) is 2.63. The third kappa shape index (κ3) is 2.98. The summed E-state index contributed by atoms with van der Waals surface area (Å²) in [6, 6.07) is 9.58. The lowest BCUT2D eigenvalue weighted by molar-refractivity contribution is 0.621. The highest BCUT2D eigenvalue weighted by Gasteiger charge is 2.05. The number of hydrogen-bond acceptors (Lipinski definition) is 1. The first-order valence-electron chi connectivity index (χ1n) is 5.51. The maximum atomic E-state index is 13.3. The summed E-state index contributed by atoms with van der Waals surface area (Å²) in [6.07, 6.45) is 0. The van der Waals surface area contributed by atoms with Crippen molar-refractivity contribution in [3.63, 3.8) is 0 Å². The first-order valence-corrected chi connectivity index (χ1v) is 6.58. The van der Waals surface area contributed by atoms with E-state index in [9.17, 15) is 8.78 Å². The van der Waals surface area contributed by atoms with Crippen molar-refractivity contribution < 1.29 is 8.78 Å². The Morgan fingerprint density at radius 3 is 2.67 bits per heavy atom. The van der Waals surface area contributed by atoms with Gasteiger partial charge in [0.05, 0.1) is 9.26 Å². The Kier molecular flexibility index (Phi) is 4.16. The van der Waals surface area contributed by atoms with E-state index in [2.05, 4.69) is 5.32 Å². The van der Waals surface area contributed by atoms with Crippen LogP contribution >= 0.6 is 22.6 Å². The monoisotopic (exact) mass is 359 g/mol. The molecule has 1 N–H and O–H groups in total. The van der Waals surface area contributed by atoms with Crippen LogP contribution < -0.4 is 5.32 Å². The summed E-state index contributed by atoms with van der Waals surface area (Å²) in [4.78, 5) is 0. The fourth-order valence-corrected chi connectivity index (χ4v) is 2.24. The van der Waals surface area contributed by atoms with Gasteiger partial charge in [-0.15, -0.1) is 0 Å². The maximum Gasteiger partial charge on any atom is 0.138 e. The van der Waals surface area contributed by atoms with Crippen molar-refractivity contribution in [2.75, 3.05) is 5.32 Å². The molecule has 2 aromatic rings. The topological polar surface area (TPSA) is 12.0 Å². The molecule has 4 heteroatoms. The van der Waals surface area contributed by atoms with E-state index in [0.29, 0.717) is 10.1 Å². The number of halogens is 3. The Morgan fingerprint density at radius 1 is 1.17 bits per heavy atom. The van der Waals surface area contributed by atoms with Crippen LogP contribution in [-0.4, -0.2) is 0 Å². The summed E-state index contributed by atoms with van der Waals surface area (Å²) < 4.78 is 26.9. The smallest absolute Gasteiger partial charge is 0.138 e. The largest absolute Gasteiger partial charge is 0.380 e. The van der Waals surface area contributed by atoms with Crippen LogP contribution in [-0.2, 0) is 6.54 Å².